The number of aromatic nitrogens is 1. The molecule has 26 heavy (non-hydrogen) atoms. The van der Waals surface area contributed by atoms with Crippen LogP contribution in [0.4, 0.5) is 0 Å². The fourth-order valence-corrected chi connectivity index (χ4v) is 3.82. The molecule has 4 nitrogen and oxygen atoms in total. The fourth-order valence-electron chi connectivity index (χ4n) is 2.55. The molecule has 2 N–H and O–H groups in total. The Bertz CT molecular complexity index is 881. The van der Waals surface area contributed by atoms with Crippen LogP contribution >= 0.6 is 22.9 Å². The van der Waals surface area contributed by atoms with Gasteiger partial charge < -0.3 is 10.4 Å². The van der Waals surface area contributed by atoms with Crippen LogP contribution in [0.25, 0.3) is 21.8 Å². The summed E-state index contributed by atoms with van der Waals surface area (Å²) in [5.74, 6) is -0.0723. The number of aliphatic hydroxyl groups is 1. The first-order valence-corrected chi connectivity index (χ1v) is 9.55. The van der Waals surface area contributed by atoms with E-state index in [4.69, 9.17) is 21.7 Å². The third kappa shape index (κ3) is 4.69. The maximum atomic E-state index is 12.2. The summed E-state index contributed by atoms with van der Waals surface area (Å²) < 4.78 is 0. The lowest BCUT2D eigenvalue weighted by Crippen LogP contribution is -2.26. The van der Waals surface area contributed by atoms with Crippen LogP contribution in [0.2, 0.25) is 5.02 Å². The van der Waals surface area contributed by atoms with Crippen molar-refractivity contribution in [2.24, 2.45) is 0 Å². The van der Waals surface area contributed by atoms with E-state index in [0.717, 1.165) is 26.7 Å². The molecule has 1 heterocycles. The van der Waals surface area contributed by atoms with Gasteiger partial charge in [0.05, 0.1) is 12.1 Å². The number of benzene rings is 2. The SMILES string of the molecule is O=C(Cc1sc(-c2cccc(Cl)c2)nc1-c1ccccc1)NCCCO. The standard InChI is InChI=1S/C20H19ClN2O2S/c21-16-9-4-8-15(12-16)20-23-19(14-6-2-1-3-7-14)17(26-20)13-18(25)22-10-5-11-24/h1-4,6-9,12,24H,5,10-11,13H2,(H,22,25). The summed E-state index contributed by atoms with van der Waals surface area (Å²) in [7, 11) is 0. The molecule has 3 aromatic rings. The van der Waals surface area contributed by atoms with Gasteiger partial charge in [0.2, 0.25) is 5.91 Å². The Morgan fingerprint density at radius 3 is 2.62 bits per heavy atom. The van der Waals surface area contributed by atoms with Crippen LogP contribution in [0.5, 0.6) is 0 Å². The zero-order valence-electron chi connectivity index (χ0n) is 14.1. The van der Waals surface area contributed by atoms with Crippen molar-refractivity contribution in [2.45, 2.75) is 12.8 Å². The van der Waals surface area contributed by atoms with Gasteiger partial charge in [0.1, 0.15) is 5.01 Å². The summed E-state index contributed by atoms with van der Waals surface area (Å²) in [4.78, 5) is 17.9. The molecule has 1 amide bonds. The van der Waals surface area contributed by atoms with Crippen LogP contribution < -0.4 is 5.32 Å². The summed E-state index contributed by atoms with van der Waals surface area (Å²) in [5, 5.41) is 13.2. The van der Waals surface area contributed by atoms with Gasteiger partial charge in [-0.05, 0) is 18.6 Å². The number of amides is 1. The van der Waals surface area contributed by atoms with E-state index in [9.17, 15) is 4.79 Å². The number of aliphatic hydroxyl groups excluding tert-OH is 1. The molecule has 3 rings (SSSR count). The van der Waals surface area contributed by atoms with Gasteiger partial charge in [0.15, 0.2) is 0 Å². The van der Waals surface area contributed by atoms with Gasteiger partial charge in [-0.3, -0.25) is 4.79 Å². The minimum atomic E-state index is -0.0723. The molecule has 0 atom stereocenters. The first-order chi connectivity index (χ1) is 12.7. The van der Waals surface area contributed by atoms with E-state index in [1.165, 1.54) is 11.3 Å². The third-order valence-electron chi connectivity index (χ3n) is 3.79. The number of carbonyl (C=O) groups is 1. The normalized spacial score (nSPS) is 10.7. The molecule has 1 aromatic heterocycles. The molecule has 0 aliphatic heterocycles. The average molecular weight is 387 g/mol. The molecule has 0 aliphatic carbocycles. The maximum absolute atomic E-state index is 12.2. The summed E-state index contributed by atoms with van der Waals surface area (Å²) in [6, 6.07) is 17.4. The molecule has 6 heteroatoms. The summed E-state index contributed by atoms with van der Waals surface area (Å²) in [6.07, 6.45) is 0.807. The highest BCUT2D eigenvalue weighted by molar-refractivity contribution is 7.15. The molecule has 0 aliphatic rings. The Hall–Kier alpha value is -2.21. The van der Waals surface area contributed by atoms with Crippen molar-refractivity contribution in [3.05, 3.63) is 64.5 Å². The molecule has 0 saturated carbocycles. The Kier molecular flexibility index (Phi) is 6.39. The van der Waals surface area contributed by atoms with Crippen LogP contribution in [0, 0.1) is 0 Å². The zero-order chi connectivity index (χ0) is 18.4. The Morgan fingerprint density at radius 1 is 1.12 bits per heavy atom. The van der Waals surface area contributed by atoms with Gasteiger partial charge >= 0.3 is 0 Å². The van der Waals surface area contributed by atoms with E-state index in [1.807, 2.05) is 54.6 Å². The lowest BCUT2D eigenvalue weighted by Gasteiger charge is -2.04. The minimum Gasteiger partial charge on any atom is -0.396 e. The fraction of sp³-hybridized carbons (Fsp3) is 0.200. The quantitative estimate of drug-likeness (QED) is 0.599. The van der Waals surface area contributed by atoms with Crippen molar-refractivity contribution in [1.82, 2.24) is 10.3 Å². The zero-order valence-corrected chi connectivity index (χ0v) is 15.7. The van der Waals surface area contributed by atoms with Crippen LogP contribution in [0.1, 0.15) is 11.3 Å². The molecule has 0 saturated heterocycles. The summed E-state index contributed by atoms with van der Waals surface area (Å²) >= 11 is 7.61. The predicted octanol–water partition coefficient (Wildman–Crippen LogP) is 4.17. The van der Waals surface area contributed by atoms with Gasteiger partial charge in [0.25, 0.3) is 0 Å². The molecule has 0 spiro atoms. The number of hydrogen-bond donors (Lipinski definition) is 2. The number of hydrogen-bond acceptors (Lipinski definition) is 4. The molecule has 2 aromatic carbocycles. The smallest absolute Gasteiger partial charge is 0.225 e. The largest absolute Gasteiger partial charge is 0.396 e. The number of nitrogens with zero attached hydrogens (tertiary/aromatic N) is 1. The number of carbonyl (C=O) groups excluding carboxylic acids is 1. The van der Waals surface area contributed by atoms with Crippen LogP contribution in [0.15, 0.2) is 54.6 Å². The highest BCUT2D eigenvalue weighted by Gasteiger charge is 2.17. The average Bonchev–Trinajstić information content (AvgIpc) is 3.06. The molecular formula is C20H19ClN2O2S. The maximum Gasteiger partial charge on any atom is 0.225 e. The lowest BCUT2D eigenvalue weighted by atomic mass is 10.1. The van der Waals surface area contributed by atoms with Crippen molar-refractivity contribution < 1.29 is 9.90 Å². The number of nitrogens with one attached hydrogen (secondary N) is 1. The van der Waals surface area contributed by atoms with Gasteiger partial charge in [-0.2, -0.15) is 0 Å². The highest BCUT2D eigenvalue weighted by atomic mass is 35.5. The van der Waals surface area contributed by atoms with Gasteiger partial charge in [-0.1, -0.05) is 54.1 Å². The molecule has 0 unspecified atom stereocenters. The van der Waals surface area contributed by atoms with Crippen molar-refractivity contribution >= 4 is 28.8 Å². The van der Waals surface area contributed by atoms with Crippen molar-refractivity contribution in [3.63, 3.8) is 0 Å². The monoisotopic (exact) mass is 386 g/mol. The van der Waals surface area contributed by atoms with Crippen molar-refractivity contribution in [2.75, 3.05) is 13.2 Å². The van der Waals surface area contributed by atoms with Crippen molar-refractivity contribution in [1.29, 1.82) is 0 Å². The van der Waals surface area contributed by atoms with E-state index in [0.29, 0.717) is 18.0 Å². The molecular weight excluding hydrogens is 368 g/mol. The summed E-state index contributed by atoms with van der Waals surface area (Å²) in [6.45, 7) is 0.533. The van der Waals surface area contributed by atoms with Crippen LogP contribution in [-0.4, -0.2) is 29.1 Å². The third-order valence-corrected chi connectivity index (χ3v) is 5.13. The van der Waals surface area contributed by atoms with Crippen LogP contribution in [0.3, 0.4) is 0 Å². The van der Waals surface area contributed by atoms with E-state index in [1.54, 1.807) is 0 Å². The Morgan fingerprint density at radius 2 is 1.88 bits per heavy atom. The van der Waals surface area contributed by atoms with E-state index in [2.05, 4.69) is 5.32 Å². The van der Waals surface area contributed by atoms with E-state index < -0.39 is 0 Å². The molecule has 0 bridgehead atoms. The van der Waals surface area contributed by atoms with Gasteiger partial charge in [0, 0.05) is 34.2 Å². The summed E-state index contributed by atoms with van der Waals surface area (Å²) in [5.41, 5.74) is 2.74. The van der Waals surface area contributed by atoms with Crippen molar-refractivity contribution in [3.8, 4) is 21.8 Å². The molecule has 0 fully saturated rings. The number of rotatable bonds is 7. The second-order valence-electron chi connectivity index (χ2n) is 5.77. The highest BCUT2D eigenvalue weighted by Crippen LogP contribution is 2.35. The molecule has 0 radical (unpaired) electrons. The van der Waals surface area contributed by atoms with E-state index in [-0.39, 0.29) is 18.9 Å². The second-order valence-corrected chi connectivity index (χ2v) is 7.29. The van der Waals surface area contributed by atoms with Crippen LogP contribution in [-0.2, 0) is 11.2 Å². The Balaban J connectivity index is 1.92. The lowest BCUT2D eigenvalue weighted by molar-refractivity contribution is -0.120. The number of halogens is 1. The predicted molar refractivity (Wildman–Crippen MR) is 106 cm³/mol. The van der Waals surface area contributed by atoms with E-state index >= 15 is 0 Å². The van der Waals surface area contributed by atoms with Gasteiger partial charge in [-0.25, -0.2) is 4.98 Å². The number of thiazole rings is 1. The first kappa shape index (κ1) is 18.6. The first-order valence-electron chi connectivity index (χ1n) is 8.36. The second kappa shape index (κ2) is 8.94. The Labute approximate surface area is 161 Å². The topological polar surface area (TPSA) is 62.2 Å². The molecule has 134 valence electrons. The minimum absolute atomic E-state index is 0.0645. The van der Waals surface area contributed by atoms with Gasteiger partial charge in [-0.15, -0.1) is 11.3 Å².